The number of hydrogen-bond acceptors (Lipinski definition) is 2. The highest BCUT2D eigenvalue weighted by molar-refractivity contribution is 4.93. The van der Waals surface area contributed by atoms with Gasteiger partial charge in [0, 0.05) is 19.1 Å². The molecule has 21 heavy (non-hydrogen) atoms. The van der Waals surface area contributed by atoms with E-state index < -0.39 is 0 Å². The fourth-order valence-electron chi connectivity index (χ4n) is 5.12. The third-order valence-electron chi connectivity index (χ3n) is 6.42. The van der Waals surface area contributed by atoms with Gasteiger partial charge in [-0.15, -0.1) is 0 Å². The predicted octanol–water partition coefficient (Wildman–Crippen LogP) is 4.36. The van der Waals surface area contributed by atoms with Crippen LogP contribution in [0, 0.1) is 11.8 Å². The molecule has 0 bridgehead atoms. The Hall–Kier alpha value is -0.0800. The Morgan fingerprint density at radius 1 is 0.571 bits per heavy atom. The average Bonchev–Trinajstić information content (AvgIpc) is 3.04. The van der Waals surface area contributed by atoms with E-state index in [1.165, 1.54) is 90.1 Å². The lowest BCUT2D eigenvalue weighted by molar-refractivity contribution is 0.0433. The van der Waals surface area contributed by atoms with Gasteiger partial charge in [-0.2, -0.15) is 0 Å². The first-order valence-electron chi connectivity index (χ1n) is 9.77. The summed E-state index contributed by atoms with van der Waals surface area (Å²) in [5.41, 5.74) is 0. The molecule has 0 spiro atoms. The highest BCUT2D eigenvalue weighted by Gasteiger charge is 2.40. The maximum absolute atomic E-state index is 10.7. The minimum Gasteiger partial charge on any atom is -0.391 e. The minimum absolute atomic E-state index is 0.0664. The van der Waals surface area contributed by atoms with Crippen LogP contribution in [0.1, 0.15) is 83.5 Å². The Morgan fingerprint density at radius 3 is 1.71 bits per heavy atom. The minimum atomic E-state index is -0.0664. The van der Waals surface area contributed by atoms with Gasteiger partial charge in [-0.05, 0) is 37.5 Å². The second kappa shape index (κ2) is 7.97. The molecule has 2 nitrogen and oxygen atoms in total. The Balaban J connectivity index is 1.56. The SMILES string of the molecule is OC1CCCCCCCCCCC1N1CC2CCCC2C1. The van der Waals surface area contributed by atoms with E-state index in [0.717, 1.165) is 18.3 Å². The zero-order valence-corrected chi connectivity index (χ0v) is 13.8. The van der Waals surface area contributed by atoms with Crippen LogP contribution in [0.2, 0.25) is 0 Å². The van der Waals surface area contributed by atoms with Crippen molar-refractivity contribution in [3.63, 3.8) is 0 Å². The molecule has 1 N–H and O–H groups in total. The van der Waals surface area contributed by atoms with Crippen molar-refractivity contribution in [2.45, 2.75) is 95.6 Å². The second-order valence-corrected chi connectivity index (χ2v) is 7.95. The summed E-state index contributed by atoms with van der Waals surface area (Å²) < 4.78 is 0. The van der Waals surface area contributed by atoms with E-state index in [1.54, 1.807) is 0 Å². The number of aliphatic hydroxyl groups is 1. The van der Waals surface area contributed by atoms with Crippen molar-refractivity contribution >= 4 is 0 Å². The molecule has 0 aromatic carbocycles. The topological polar surface area (TPSA) is 23.5 Å². The number of rotatable bonds is 1. The van der Waals surface area contributed by atoms with E-state index in [-0.39, 0.29) is 6.10 Å². The van der Waals surface area contributed by atoms with Gasteiger partial charge < -0.3 is 5.11 Å². The molecule has 0 aromatic heterocycles. The van der Waals surface area contributed by atoms with Crippen molar-refractivity contribution < 1.29 is 5.11 Å². The summed E-state index contributed by atoms with van der Waals surface area (Å²) in [6.45, 7) is 2.57. The van der Waals surface area contributed by atoms with Crippen molar-refractivity contribution in [1.29, 1.82) is 0 Å². The summed E-state index contributed by atoms with van der Waals surface area (Å²) in [5, 5.41) is 10.7. The van der Waals surface area contributed by atoms with Gasteiger partial charge in [-0.3, -0.25) is 4.90 Å². The van der Waals surface area contributed by atoms with Gasteiger partial charge in [0.2, 0.25) is 0 Å². The van der Waals surface area contributed by atoms with Gasteiger partial charge in [-0.25, -0.2) is 0 Å². The zero-order valence-electron chi connectivity index (χ0n) is 13.8. The summed E-state index contributed by atoms with van der Waals surface area (Å²) in [7, 11) is 0. The molecule has 1 saturated heterocycles. The van der Waals surface area contributed by atoms with Crippen molar-refractivity contribution in [3.05, 3.63) is 0 Å². The third kappa shape index (κ3) is 4.22. The van der Waals surface area contributed by atoms with E-state index in [9.17, 15) is 5.11 Å². The van der Waals surface area contributed by atoms with Crippen LogP contribution in [0.5, 0.6) is 0 Å². The number of fused-ring (bicyclic) bond motifs is 1. The lowest BCUT2D eigenvalue weighted by Crippen LogP contribution is -2.43. The van der Waals surface area contributed by atoms with Gasteiger partial charge >= 0.3 is 0 Å². The largest absolute Gasteiger partial charge is 0.391 e. The average molecular weight is 293 g/mol. The third-order valence-corrected chi connectivity index (χ3v) is 6.42. The molecule has 3 aliphatic rings. The normalized spacial score (nSPS) is 40.4. The molecule has 1 aliphatic heterocycles. The van der Waals surface area contributed by atoms with Crippen molar-refractivity contribution in [2.75, 3.05) is 13.1 Å². The molecule has 4 unspecified atom stereocenters. The van der Waals surface area contributed by atoms with Crippen LogP contribution in [-0.4, -0.2) is 35.2 Å². The molecule has 1 heterocycles. The smallest absolute Gasteiger partial charge is 0.0695 e. The first-order chi connectivity index (χ1) is 10.3. The van der Waals surface area contributed by atoms with Gasteiger partial charge in [0.15, 0.2) is 0 Å². The monoisotopic (exact) mass is 293 g/mol. The van der Waals surface area contributed by atoms with Gasteiger partial charge in [0.1, 0.15) is 0 Å². The Bertz CT molecular complexity index is 294. The molecule has 2 aliphatic carbocycles. The van der Waals surface area contributed by atoms with Gasteiger partial charge in [0.05, 0.1) is 6.10 Å². The fourth-order valence-corrected chi connectivity index (χ4v) is 5.12. The molecular formula is C19H35NO. The molecule has 2 heteroatoms. The summed E-state index contributed by atoms with van der Waals surface area (Å²) in [5.74, 6) is 1.91. The fraction of sp³-hybridized carbons (Fsp3) is 1.00. The van der Waals surface area contributed by atoms with Gasteiger partial charge in [-0.1, -0.05) is 57.8 Å². The van der Waals surface area contributed by atoms with E-state index in [1.807, 2.05) is 0 Å². The highest BCUT2D eigenvalue weighted by Crippen LogP contribution is 2.39. The van der Waals surface area contributed by atoms with E-state index in [4.69, 9.17) is 0 Å². The standard InChI is InChI=1S/C19H35NO/c21-19-13-8-6-4-2-1-3-5-7-12-18(19)20-14-16-10-9-11-17(16)15-20/h16-19,21H,1-15H2. The number of hydrogen-bond donors (Lipinski definition) is 1. The second-order valence-electron chi connectivity index (χ2n) is 7.95. The molecule has 0 aromatic rings. The van der Waals surface area contributed by atoms with Crippen LogP contribution >= 0.6 is 0 Å². The van der Waals surface area contributed by atoms with Crippen molar-refractivity contribution in [1.82, 2.24) is 4.90 Å². The van der Waals surface area contributed by atoms with Crippen LogP contribution in [0.4, 0.5) is 0 Å². The van der Waals surface area contributed by atoms with Crippen LogP contribution in [-0.2, 0) is 0 Å². The highest BCUT2D eigenvalue weighted by atomic mass is 16.3. The van der Waals surface area contributed by atoms with Crippen LogP contribution in [0.3, 0.4) is 0 Å². The maximum Gasteiger partial charge on any atom is 0.0695 e. The number of likely N-dealkylation sites (tertiary alicyclic amines) is 1. The van der Waals surface area contributed by atoms with Crippen LogP contribution in [0.25, 0.3) is 0 Å². The Morgan fingerprint density at radius 2 is 1.10 bits per heavy atom. The lowest BCUT2D eigenvalue weighted by Gasteiger charge is -2.33. The summed E-state index contributed by atoms with van der Waals surface area (Å²) in [6.07, 6.45) is 17.5. The Labute approximate surface area is 131 Å². The molecule has 0 amide bonds. The molecule has 0 radical (unpaired) electrons. The molecule has 122 valence electrons. The van der Waals surface area contributed by atoms with Gasteiger partial charge in [0.25, 0.3) is 0 Å². The number of nitrogens with zero attached hydrogens (tertiary/aromatic N) is 1. The predicted molar refractivity (Wildman–Crippen MR) is 88.4 cm³/mol. The van der Waals surface area contributed by atoms with Crippen LogP contribution in [0.15, 0.2) is 0 Å². The summed E-state index contributed by atoms with van der Waals surface area (Å²) in [4.78, 5) is 2.69. The molecule has 2 saturated carbocycles. The molecule has 3 rings (SSSR count). The van der Waals surface area contributed by atoms with E-state index in [0.29, 0.717) is 6.04 Å². The Kier molecular flexibility index (Phi) is 5.99. The molecule has 3 fully saturated rings. The number of aliphatic hydroxyl groups excluding tert-OH is 1. The molecule has 4 atom stereocenters. The maximum atomic E-state index is 10.7. The lowest BCUT2D eigenvalue weighted by atomic mass is 9.95. The van der Waals surface area contributed by atoms with E-state index in [2.05, 4.69) is 4.90 Å². The molecular weight excluding hydrogens is 258 g/mol. The summed E-state index contributed by atoms with van der Waals surface area (Å²) >= 11 is 0. The van der Waals surface area contributed by atoms with Crippen molar-refractivity contribution in [2.24, 2.45) is 11.8 Å². The summed E-state index contributed by atoms with van der Waals surface area (Å²) in [6, 6.07) is 0.468. The van der Waals surface area contributed by atoms with Crippen molar-refractivity contribution in [3.8, 4) is 0 Å². The quantitative estimate of drug-likeness (QED) is 0.776. The van der Waals surface area contributed by atoms with E-state index >= 15 is 0 Å². The van der Waals surface area contributed by atoms with Crippen LogP contribution < -0.4 is 0 Å². The zero-order chi connectivity index (χ0) is 14.5. The first-order valence-corrected chi connectivity index (χ1v) is 9.77. The first kappa shape index (κ1) is 15.8.